The zero-order chi connectivity index (χ0) is 17.9. The van der Waals surface area contributed by atoms with Gasteiger partial charge < -0.3 is 9.88 Å². The number of carbonyl (C=O) groups is 1. The predicted octanol–water partition coefficient (Wildman–Crippen LogP) is 3.41. The van der Waals surface area contributed by atoms with Crippen LogP contribution in [0.5, 0.6) is 0 Å². The SMILES string of the molecule is CCC(C)(C)NC(=O)C(C)Sc1nnc(-c2ccccc2F)n1C. The highest BCUT2D eigenvalue weighted by molar-refractivity contribution is 8.00. The smallest absolute Gasteiger partial charge is 0.233 e. The monoisotopic (exact) mass is 350 g/mol. The van der Waals surface area contributed by atoms with Crippen LogP contribution in [0.4, 0.5) is 4.39 Å². The fraction of sp³-hybridized carbons (Fsp3) is 0.471. The van der Waals surface area contributed by atoms with Gasteiger partial charge in [0, 0.05) is 12.6 Å². The van der Waals surface area contributed by atoms with Crippen molar-refractivity contribution in [1.82, 2.24) is 20.1 Å². The van der Waals surface area contributed by atoms with Crippen molar-refractivity contribution in [2.75, 3.05) is 0 Å². The molecule has 1 amide bonds. The number of rotatable bonds is 6. The van der Waals surface area contributed by atoms with Crippen LogP contribution in [0.15, 0.2) is 29.4 Å². The van der Waals surface area contributed by atoms with Crippen LogP contribution in [-0.2, 0) is 11.8 Å². The van der Waals surface area contributed by atoms with Crippen molar-refractivity contribution in [3.05, 3.63) is 30.1 Å². The largest absolute Gasteiger partial charge is 0.350 e. The fourth-order valence-corrected chi connectivity index (χ4v) is 2.84. The molecule has 0 aliphatic carbocycles. The van der Waals surface area contributed by atoms with Gasteiger partial charge in [0.05, 0.1) is 10.8 Å². The van der Waals surface area contributed by atoms with Gasteiger partial charge >= 0.3 is 0 Å². The van der Waals surface area contributed by atoms with Gasteiger partial charge in [-0.1, -0.05) is 30.8 Å². The molecule has 0 saturated heterocycles. The maximum atomic E-state index is 13.9. The number of hydrogen-bond acceptors (Lipinski definition) is 4. The van der Waals surface area contributed by atoms with E-state index in [1.807, 2.05) is 27.7 Å². The van der Waals surface area contributed by atoms with Crippen molar-refractivity contribution in [1.29, 1.82) is 0 Å². The molecular weight excluding hydrogens is 327 g/mol. The first-order valence-electron chi connectivity index (χ1n) is 7.88. The topological polar surface area (TPSA) is 59.8 Å². The van der Waals surface area contributed by atoms with Crippen molar-refractivity contribution in [3.8, 4) is 11.4 Å². The molecule has 1 N–H and O–H groups in total. The third-order valence-electron chi connectivity index (χ3n) is 3.95. The number of nitrogens with one attached hydrogen (secondary N) is 1. The quantitative estimate of drug-likeness (QED) is 0.811. The highest BCUT2D eigenvalue weighted by Gasteiger charge is 2.24. The van der Waals surface area contributed by atoms with Gasteiger partial charge in [-0.15, -0.1) is 10.2 Å². The summed E-state index contributed by atoms with van der Waals surface area (Å²) in [6, 6.07) is 6.43. The molecule has 0 saturated carbocycles. The number of nitrogens with zero attached hydrogens (tertiary/aromatic N) is 3. The molecule has 5 nitrogen and oxygen atoms in total. The van der Waals surface area contributed by atoms with E-state index in [0.717, 1.165) is 6.42 Å². The number of hydrogen-bond donors (Lipinski definition) is 1. The van der Waals surface area contributed by atoms with Crippen LogP contribution in [0.2, 0.25) is 0 Å². The van der Waals surface area contributed by atoms with Crippen LogP contribution >= 0.6 is 11.8 Å². The highest BCUT2D eigenvalue weighted by Crippen LogP contribution is 2.27. The summed E-state index contributed by atoms with van der Waals surface area (Å²) >= 11 is 1.31. The molecule has 1 aromatic carbocycles. The second kappa shape index (κ2) is 7.34. The molecule has 0 spiro atoms. The van der Waals surface area contributed by atoms with Crippen molar-refractivity contribution in [3.63, 3.8) is 0 Å². The zero-order valence-corrected chi connectivity index (χ0v) is 15.4. The van der Waals surface area contributed by atoms with Gasteiger partial charge in [-0.3, -0.25) is 4.79 Å². The van der Waals surface area contributed by atoms with E-state index < -0.39 is 0 Å². The van der Waals surface area contributed by atoms with Crippen molar-refractivity contribution >= 4 is 17.7 Å². The molecule has 24 heavy (non-hydrogen) atoms. The lowest BCUT2D eigenvalue weighted by Crippen LogP contribution is -2.46. The first-order chi connectivity index (χ1) is 11.2. The second-order valence-corrected chi connectivity index (χ2v) is 7.64. The lowest BCUT2D eigenvalue weighted by atomic mass is 10.0. The first-order valence-corrected chi connectivity index (χ1v) is 8.76. The number of carbonyl (C=O) groups excluding carboxylic acids is 1. The van der Waals surface area contributed by atoms with Gasteiger partial charge in [0.2, 0.25) is 5.91 Å². The minimum Gasteiger partial charge on any atom is -0.350 e. The molecule has 1 heterocycles. The summed E-state index contributed by atoms with van der Waals surface area (Å²) in [5.41, 5.74) is 0.146. The van der Waals surface area contributed by atoms with E-state index >= 15 is 0 Å². The molecule has 1 atom stereocenters. The third-order valence-corrected chi connectivity index (χ3v) is 5.08. The third kappa shape index (κ3) is 4.14. The summed E-state index contributed by atoms with van der Waals surface area (Å²) in [5, 5.41) is 11.4. The van der Waals surface area contributed by atoms with Crippen LogP contribution in [0.3, 0.4) is 0 Å². The van der Waals surface area contributed by atoms with Crippen LogP contribution in [0, 0.1) is 5.82 Å². The van der Waals surface area contributed by atoms with Crippen molar-refractivity contribution in [2.24, 2.45) is 7.05 Å². The number of amides is 1. The summed E-state index contributed by atoms with van der Waals surface area (Å²) < 4.78 is 15.6. The van der Waals surface area contributed by atoms with E-state index in [1.165, 1.54) is 17.8 Å². The van der Waals surface area contributed by atoms with Gasteiger partial charge in [0.15, 0.2) is 11.0 Å². The Morgan fingerprint density at radius 2 is 2.04 bits per heavy atom. The Bertz CT molecular complexity index is 729. The molecule has 1 aromatic heterocycles. The highest BCUT2D eigenvalue weighted by atomic mass is 32.2. The van der Waals surface area contributed by atoms with E-state index in [-0.39, 0.29) is 22.5 Å². The number of halogens is 1. The summed E-state index contributed by atoms with van der Waals surface area (Å²) in [6.45, 7) is 7.83. The van der Waals surface area contributed by atoms with Crippen LogP contribution in [-0.4, -0.2) is 31.5 Å². The van der Waals surface area contributed by atoms with E-state index in [0.29, 0.717) is 16.5 Å². The molecule has 0 aliphatic heterocycles. The lowest BCUT2D eigenvalue weighted by molar-refractivity contribution is -0.121. The van der Waals surface area contributed by atoms with Crippen molar-refractivity contribution < 1.29 is 9.18 Å². The minimum absolute atomic E-state index is 0.0534. The Balaban J connectivity index is 2.15. The standard InChI is InChI=1S/C17H23FN4OS/c1-6-17(3,4)19-15(23)11(2)24-16-21-20-14(22(16)5)12-9-7-8-10-13(12)18/h7-11H,6H2,1-5H3,(H,19,23). The molecule has 0 fully saturated rings. The van der Waals surface area contributed by atoms with Gasteiger partial charge in [-0.25, -0.2) is 4.39 Å². The van der Waals surface area contributed by atoms with Crippen LogP contribution < -0.4 is 5.32 Å². The Morgan fingerprint density at radius 3 is 2.67 bits per heavy atom. The average molecular weight is 350 g/mol. The van der Waals surface area contributed by atoms with Gasteiger partial charge in [0.25, 0.3) is 0 Å². The molecule has 1 unspecified atom stereocenters. The minimum atomic E-state index is -0.347. The molecule has 130 valence electrons. The van der Waals surface area contributed by atoms with E-state index in [9.17, 15) is 9.18 Å². The molecule has 0 aliphatic rings. The Hall–Kier alpha value is -1.89. The molecule has 0 bridgehead atoms. The molecular formula is C17H23FN4OS. The molecule has 2 rings (SSSR count). The summed E-state index contributed by atoms with van der Waals surface area (Å²) in [5.74, 6) is 0.0411. The Morgan fingerprint density at radius 1 is 1.38 bits per heavy atom. The summed E-state index contributed by atoms with van der Waals surface area (Å²) in [7, 11) is 1.77. The summed E-state index contributed by atoms with van der Waals surface area (Å²) in [4.78, 5) is 12.3. The normalized spacial score (nSPS) is 12.9. The molecule has 0 radical (unpaired) electrons. The Labute approximate surface area is 146 Å². The summed E-state index contributed by atoms with van der Waals surface area (Å²) in [6.07, 6.45) is 0.845. The predicted molar refractivity (Wildman–Crippen MR) is 94.2 cm³/mol. The average Bonchev–Trinajstić information content (AvgIpc) is 2.88. The molecule has 7 heteroatoms. The van der Waals surface area contributed by atoms with Gasteiger partial charge in [-0.05, 0) is 39.3 Å². The molecule has 2 aromatic rings. The van der Waals surface area contributed by atoms with E-state index in [4.69, 9.17) is 0 Å². The lowest BCUT2D eigenvalue weighted by Gasteiger charge is -2.26. The number of thioether (sulfide) groups is 1. The van der Waals surface area contributed by atoms with Gasteiger partial charge in [-0.2, -0.15) is 0 Å². The van der Waals surface area contributed by atoms with E-state index in [1.54, 1.807) is 29.8 Å². The Kier molecular flexibility index (Phi) is 5.64. The van der Waals surface area contributed by atoms with E-state index in [2.05, 4.69) is 15.5 Å². The number of aromatic nitrogens is 3. The van der Waals surface area contributed by atoms with Gasteiger partial charge in [0.1, 0.15) is 5.82 Å². The second-order valence-electron chi connectivity index (χ2n) is 6.33. The van der Waals surface area contributed by atoms with Crippen LogP contribution in [0.25, 0.3) is 11.4 Å². The van der Waals surface area contributed by atoms with Crippen molar-refractivity contribution in [2.45, 2.75) is 50.1 Å². The fourth-order valence-electron chi connectivity index (χ4n) is 2.03. The van der Waals surface area contributed by atoms with Crippen LogP contribution in [0.1, 0.15) is 34.1 Å². The maximum absolute atomic E-state index is 13.9. The zero-order valence-electron chi connectivity index (χ0n) is 14.6. The first kappa shape index (κ1) is 18.4. The number of benzene rings is 1. The maximum Gasteiger partial charge on any atom is 0.233 e.